The standard InChI is InChI=1S/C29H32ClN3O6S/c1-37-26-12-11-21(30)16-23(26)29(34)32-17-27(38-2)28(18-32)39-22-8-5-7-20(15-22)19-40(35,36)33-14-6-10-25(33)24-9-3-4-13-31-24/h3-5,7-9,11-13,15-16,25,27-28H,6,10,14,17-19H2,1-2H3/t25?,27-,28-/m1/s1. The number of hydrogen-bond donors (Lipinski definition) is 0. The van der Waals surface area contributed by atoms with Gasteiger partial charge in [-0.25, -0.2) is 8.42 Å². The van der Waals surface area contributed by atoms with Gasteiger partial charge in [-0.2, -0.15) is 4.31 Å². The van der Waals surface area contributed by atoms with Crippen molar-refractivity contribution in [2.24, 2.45) is 0 Å². The summed E-state index contributed by atoms with van der Waals surface area (Å²) >= 11 is 6.13. The van der Waals surface area contributed by atoms with E-state index in [0.29, 0.717) is 40.7 Å². The van der Waals surface area contributed by atoms with Gasteiger partial charge in [0.2, 0.25) is 10.0 Å². The number of sulfonamides is 1. The molecule has 2 fully saturated rings. The van der Waals surface area contributed by atoms with E-state index in [-0.39, 0.29) is 30.4 Å². The number of carbonyl (C=O) groups excluding carboxylic acids is 1. The Morgan fingerprint density at radius 3 is 2.62 bits per heavy atom. The number of methoxy groups -OCH3 is 2. The molecule has 0 saturated carbocycles. The maximum absolute atomic E-state index is 13.4. The predicted molar refractivity (Wildman–Crippen MR) is 151 cm³/mol. The number of pyridine rings is 1. The number of carbonyl (C=O) groups is 1. The van der Waals surface area contributed by atoms with Gasteiger partial charge in [0.25, 0.3) is 5.91 Å². The summed E-state index contributed by atoms with van der Waals surface area (Å²) in [5.74, 6) is 0.563. The smallest absolute Gasteiger partial charge is 0.257 e. The zero-order valence-corrected chi connectivity index (χ0v) is 24.0. The number of halogens is 1. The SMILES string of the molecule is COc1ccc(Cl)cc1C(=O)N1C[C@@H](OC)[C@H](Oc2cccc(CS(=O)(=O)N3CCCC3c3ccccn3)c2)C1. The van der Waals surface area contributed by atoms with Gasteiger partial charge in [-0.1, -0.05) is 29.8 Å². The van der Waals surface area contributed by atoms with Gasteiger partial charge >= 0.3 is 0 Å². The molecule has 2 saturated heterocycles. The topological polar surface area (TPSA) is 98.3 Å². The first-order valence-corrected chi connectivity index (χ1v) is 15.1. The van der Waals surface area contributed by atoms with Crippen LogP contribution in [0.2, 0.25) is 5.02 Å². The van der Waals surface area contributed by atoms with Crippen LogP contribution >= 0.6 is 11.6 Å². The average molecular weight is 586 g/mol. The van der Waals surface area contributed by atoms with Gasteiger partial charge in [-0.05, 0) is 60.9 Å². The van der Waals surface area contributed by atoms with Crippen molar-refractivity contribution in [2.75, 3.05) is 33.9 Å². The number of benzene rings is 2. The lowest BCUT2D eigenvalue weighted by Gasteiger charge is -2.24. The fourth-order valence-corrected chi connectivity index (χ4v) is 7.33. The highest BCUT2D eigenvalue weighted by Gasteiger charge is 2.39. The molecule has 11 heteroatoms. The molecule has 1 aromatic heterocycles. The van der Waals surface area contributed by atoms with Crippen molar-refractivity contribution < 1.29 is 27.4 Å². The van der Waals surface area contributed by atoms with E-state index < -0.39 is 16.1 Å². The Labute approximate surface area is 239 Å². The predicted octanol–water partition coefficient (Wildman–Crippen LogP) is 4.33. The van der Waals surface area contributed by atoms with Gasteiger partial charge in [0.1, 0.15) is 23.7 Å². The second-order valence-electron chi connectivity index (χ2n) is 9.91. The summed E-state index contributed by atoms with van der Waals surface area (Å²) in [5.41, 5.74) is 1.75. The minimum absolute atomic E-state index is 0.148. The molecule has 2 aliphatic heterocycles. The molecule has 9 nitrogen and oxygen atoms in total. The Kier molecular flexibility index (Phi) is 8.60. The Hall–Kier alpha value is -3.18. The quantitative estimate of drug-likeness (QED) is 0.369. The molecule has 0 spiro atoms. The van der Waals surface area contributed by atoms with Crippen molar-refractivity contribution in [1.82, 2.24) is 14.2 Å². The van der Waals surface area contributed by atoms with Gasteiger partial charge in [0.05, 0.1) is 43.3 Å². The molecule has 0 N–H and O–H groups in total. The van der Waals surface area contributed by atoms with E-state index in [1.54, 1.807) is 65.0 Å². The monoisotopic (exact) mass is 585 g/mol. The average Bonchev–Trinajstić information content (AvgIpc) is 3.61. The number of nitrogens with zero attached hydrogens (tertiary/aromatic N) is 3. The highest BCUT2D eigenvalue weighted by Crippen LogP contribution is 2.34. The molecule has 0 radical (unpaired) electrons. The maximum Gasteiger partial charge on any atom is 0.257 e. The van der Waals surface area contributed by atoms with Crippen LogP contribution in [0.1, 0.15) is 40.5 Å². The number of likely N-dealkylation sites (tertiary alicyclic amines) is 1. The fraction of sp³-hybridized carbons (Fsp3) is 0.379. The highest BCUT2D eigenvalue weighted by molar-refractivity contribution is 7.88. The Morgan fingerprint density at radius 1 is 1.05 bits per heavy atom. The zero-order valence-electron chi connectivity index (χ0n) is 22.4. The van der Waals surface area contributed by atoms with E-state index in [1.165, 1.54) is 7.11 Å². The molecule has 1 unspecified atom stereocenters. The van der Waals surface area contributed by atoms with E-state index in [9.17, 15) is 13.2 Å². The number of hydrogen-bond acceptors (Lipinski definition) is 7. The van der Waals surface area contributed by atoms with Crippen molar-refractivity contribution in [3.63, 3.8) is 0 Å². The van der Waals surface area contributed by atoms with Crippen LogP contribution in [0.15, 0.2) is 66.9 Å². The molecule has 0 bridgehead atoms. The summed E-state index contributed by atoms with van der Waals surface area (Å²) in [4.78, 5) is 19.3. The van der Waals surface area contributed by atoms with Crippen molar-refractivity contribution in [3.8, 4) is 11.5 Å². The van der Waals surface area contributed by atoms with E-state index in [2.05, 4.69) is 4.98 Å². The van der Waals surface area contributed by atoms with Crippen LogP contribution in [-0.4, -0.2) is 74.6 Å². The van der Waals surface area contributed by atoms with Gasteiger partial charge in [0.15, 0.2) is 0 Å². The molecular weight excluding hydrogens is 554 g/mol. The summed E-state index contributed by atoms with van der Waals surface area (Å²) in [6, 6.07) is 17.3. The van der Waals surface area contributed by atoms with Crippen LogP contribution in [0.4, 0.5) is 0 Å². The van der Waals surface area contributed by atoms with Crippen LogP contribution in [0.3, 0.4) is 0 Å². The fourth-order valence-electron chi connectivity index (χ4n) is 5.39. The Balaban J connectivity index is 1.28. The third kappa shape index (κ3) is 6.10. The lowest BCUT2D eigenvalue weighted by molar-refractivity contribution is 0.0339. The minimum Gasteiger partial charge on any atom is -0.496 e. The number of ether oxygens (including phenoxy) is 3. The number of rotatable bonds is 9. The molecule has 3 aromatic rings. The Morgan fingerprint density at radius 2 is 1.88 bits per heavy atom. The second kappa shape index (κ2) is 12.1. The molecule has 3 atom stereocenters. The van der Waals surface area contributed by atoms with Crippen molar-refractivity contribution >= 4 is 27.5 Å². The van der Waals surface area contributed by atoms with Crippen LogP contribution in [0, 0.1) is 0 Å². The summed E-state index contributed by atoms with van der Waals surface area (Å²) < 4.78 is 45.7. The van der Waals surface area contributed by atoms with E-state index >= 15 is 0 Å². The third-order valence-corrected chi connectivity index (χ3v) is 9.41. The van der Waals surface area contributed by atoms with Crippen molar-refractivity contribution in [1.29, 1.82) is 0 Å². The molecule has 2 aliphatic rings. The largest absolute Gasteiger partial charge is 0.496 e. The third-order valence-electron chi connectivity index (χ3n) is 7.32. The first-order chi connectivity index (χ1) is 19.3. The molecule has 2 aromatic carbocycles. The molecule has 1 amide bonds. The molecule has 0 aliphatic carbocycles. The molecule has 40 heavy (non-hydrogen) atoms. The molecule has 3 heterocycles. The summed E-state index contributed by atoms with van der Waals surface area (Å²) in [6.07, 6.45) is 2.41. The molecule has 212 valence electrons. The van der Waals surface area contributed by atoms with Crippen molar-refractivity contribution in [2.45, 2.75) is 36.8 Å². The van der Waals surface area contributed by atoms with Gasteiger partial charge in [0, 0.05) is 24.9 Å². The normalized spacial score (nSPS) is 21.5. The summed E-state index contributed by atoms with van der Waals surface area (Å²) in [6.45, 7) is 1.08. The lowest BCUT2D eigenvalue weighted by Crippen LogP contribution is -2.32. The van der Waals surface area contributed by atoms with Gasteiger partial charge in [-0.15, -0.1) is 0 Å². The first-order valence-electron chi connectivity index (χ1n) is 13.1. The van der Waals surface area contributed by atoms with E-state index in [0.717, 1.165) is 18.5 Å². The number of amides is 1. The minimum atomic E-state index is -3.59. The van der Waals surface area contributed by atoms with Gasteiger partial charge < -0.3 is 19.1 Å². The summed E-state index contributed by atoms with van der Waals surface area (Å²) in [7, 11) is -0.514. The highest BCUT2D eigenvalue weighted by atomic mass is 35.5. The summed E-state index contributed by atoms with van der Waals surface area (Å²) in [5, 5.41) is 0.437. The first kappa shape index (κ1) is 28.4. The Bertz CT molecular complexity index is 1460. The van der Waals surface area contributed by atoms with E-state index in [1.807, 2.05) is 18.2 Å². The van der Waals surface area contributed by atoms with E-state index in [4.69, 9.17) is 25.8 Å². The van der Waals surface area contributed by atoms with Crippen LogP contribution in [0.5, 0.6) is 11.5 Å². The van der Waals surface area contributed by atoms with Crippen LogP contribution in [0.25, 0.3) is 0 Å². The van der Waals surface area contributed by atoms with Crippen LogP contribution < -0.4 is 9.47 Å². The maximum atomic E-state index is 13.4. The van der Waals surface area contributed by atoms with Crippen LogP contribution in [-0.2, 0) is 20.5 Å². The molecule has 5 rings (SSSR count). The van der Waals surface area contributed by atoms with Crippen molar-refractivity contribution in [3.05, 3.63) is 88.7 Å². The van der Waals surface area contributed by atoms with Gasteiger partial charge in [-0.3, -0.25) is 9.78 Å². The molecular formula is C29H32ClN3O6S. The lowest BCUT2D eigenvalue weighted by atomic mass is 10.1. The zero-order chi connectivity index (χ0) is 28.3. The number of aromatic nitrogens is 1. The second-order valence-corrected chi connectivity index (χ2v) is 12.3.